The minimum Gasteiger partial charge on any atom is -0.346 e. The molecule has 0 radical (unpaired) electrons. The highest BCUT2D eigenvalue weighted by Gasteiger charge is 2.32. The van der Waals surface area contributed by atoms with Crippen LogP contribution >= 0.6 is 0 Å². The van der Waals surface area contributed by atoms with Crippen LogP contribution in [-0.4, -0.2) is 52.4 Å². The van der Waals surface area contributed by atoms with Gasteiger partial charge >= 0.3 is 0 Å². The third-order valence-electron chi connectivity index (χ3n) is 6.03. The lowest BCUT2D eigenvalue weighted by Gasteiger charge is -2.35. The van der Waals surface area contributed by atoms with Crippen LogP contribution in [0.4, 0.5) is 0 Å². The van der Waals surface area contributed by atoms with Crippen LogP contribution in [0.3, 0.4) is 0 Å². The number of piperidine rings is 2. The molecule has 3 heterocycles. The largest absolute Gasteiger partial charge is 0.346 e. The molecule has 0 saturated carbocycles. The van der Waals surface area contributed by atoms with Gasteiger partial charge in [0, 0.05) is 49.5 Å². The van der Waals surface area contributed by atoms with Gasteiger partial charge in [0.25, 0.3) is 5.91 Å². The summed E-state index contributed by atoms with van der Waals surface area (Å²) in [7, 11) is 0. The summed E-state index contributed by atoms with van der Waals surface area (Å²) in [5.74, 6) is 0.531. The highest BCUT2D eigenvalue weighted by Crippen LogP contribution is 2.26. The lowest BCUT2D eigenvalue weighted by molar-refractivity contribution is -0.137. The first kappa shape index (κ1) is 19.0. The molecule has 1 aromatic heterocycles. The Labute approximate surface area is 157 Å². The third-order valence-corrected chi connectivity index (χ3v) is 6.03. The van der Waals surface area contributed by atoms with Crippen LogP contribution in [0, 0.1) is 19.8 Å². The van der Waals surface area contributed by atoms with Crippen molar-refractivity contribution in [3.8, 4) is 0 Å². The number of amides is 2. The number of carbonyl (C=O) groups is 2. The van der Waals surface area contributed by atoms with Gasteiger partial charge in [0.05, 0.1) is 5.56 Å². The molecule has 0 spiro atoms. The standard InChI is InChI=1S/C21H33N3O2/c1-15(2)24-16(3)14-19(17(24)4)21(26)23-12-8-18(9-13-23)20(25)22-10-6-5-7-11-22/h14-15,18H,5-13H2,1-4H3. The Morgan fingerprint density at radius 3 is 2.12 bits per heavy atom. The van der Waals surface area contributed by atoms with Gasteiger partial charge in [0.15, 0.2) is 0 Å². The molecule has 26 heavy (non-hydrogen) atoms. The number of aryl methyl sites for hydroxylation is 1. The quantitative estimate of drug-likeness (QED) is 0.828. The Morgan fingerprint density at radius 2 is 1.58 bits per heavy atom. The maximum atomic E-state index is 13.0. The first-order valence-corrected chi connectivity index (χ1v) is 10.2. The van der Waals surface area contributed by atoms with Crippen molar-refractivity contribution in [1.82, 2.24) is 14.4 Å². The Morgan fingerprint density at radius 1 is 0.962 bits per heavy atom. The Bertz CT molecular complexity index is 663. The highest BCUT2D eigenvalue weighted by molar-refractivity contribution is 5.96. The first-order valence-electron chi connectivity index (χ1n) is 10.2. The van der Waals surface area contributed by atoms with E-state index in [0.29, 0.717) is 25.0 Å². The molecule has 144 valence electrons. The summed E-state index contributed by atoms with van der Waals surface area (Å²) < 4.78 is 2.22. The van der Waals surface area contributed by atoms with Crippen LogP contribution in [-0.2, 0) is 4.79 Å². The second-order valence-electron chi connectivity index (χ2n) is 8.20. The predicted molar refractivity (Wildman–Crippen MR) is 103 cm³/mol. The maximum Gasteiger partial charge on any atom is 0.255 e. The zero-order valence-electron chi connectivity index (χ0n) is 16.8. The molecule has 0 aliphatic carbocycles. The molecule has 5 heteroatoms. The maximum absolute atomic E-state index is 13.0. The summed E-state index contributed by atoms with van der Waals surface area (Å²) in [6.45, 7) is 11.6. The van der Waals surface area contributed by atoms with Crippen molar-refractivity contribution in [3.05, 3.63) is 23.0 Å². The van der Waals surface area contributed by atoms with Crippen LogP contribution in [0.15, 0.2) is 6.07 Å². The number of rotatable bonds is 3. The van der Waals surface area contributed by atoms with E-state index in [2.05, 4.69) is 25.3 Å². The van der Waals surface area contributed by atoms with Crippen molar-refractivity contribution in [3.63, 3.8) is 0 Å². The molecule has 2 aliphatic heterocycles. The molecular weight excluding hydrogens is 326 g/mol. The Balaban J connectivity index is 1.62. The van der Waals surface area contributed by atoms with Crippen molar-refractivity contribution in [2.45, 2.75) is 65.8 Å². The fourth-order valence-electron chi connectivity index (χ4n) is 4.66. The molecule has 1 aromatic rings. The number of hydrogen-bond acceptors (Lipinski definition) is 2. The van der Waals surface area contributed by atoms with Gasteiger partial charge in [-0.25, -0.2) is 0 Å². The number of aromatic nitrogens is 1. The van der Waals surface area contributed by atoms with E-state index in [-0.39, 0.29) is 11.8 Å². The smallest absolute Gasteiger partial charge is 0.255 e. The van der Waals surface area contributed by atoms with Gasteiger partial charge in [-0.05, 0) is 65.9 Å². The van der Waals surface area contributed by atoms with Crippen LogP contribution in [0.5, 0.6) is 0 Å². The van der Waals surface area contributed by atoms with E-state index >= 15 is 0 Å². The van der Waals surface area contributed by atoms with Crippen molar-refractivity contribution in [1.29, 1.82) is 0 Å². The molecular formula is C21H33N3O2. The van der Waals surface area contributed by atoms with Crippen molar-refractivity contribution < 1.29 is 9.59 Å². The van der Waals surface area contributed by atoms with Crippen LogP contribution in [0.25, 0.3) is 0 Å². The number of nitrogens with zero attached hydrogens (tertiary/aromatic N) is 3. The average Bonchev–Trinajstić information content (AvgIpc) is 2.95. The van der Waals surface area contributed by atoms with E-state index in [1.54, 1.807) is 0 Å². The molecule has 2 aliphatic rings. The monoisotopic (exact) mass is 359 g/mol. The summed E-state index contributed by atoms with van der Waals surface area (Å²) in [5, 5.41) is 0. The van der Waals surface area contributed by atoms with E-state index < -0.39 is 0 Å². The summed E-state index contributed by atoms with van der Waals surface area (Å²) in [4.78, 5) is 29.7. The van der Waals surface area contributed by atoms with E-state index in [9.17, 15) is 9.59 Å². The first-order chi connectivity index (χ1) is 12.4. The minimum absolute atomic E-state index is 0.0974. The summed E-state index contributed by atoms with van der Waals surface area (Å²) >= 11 is 0. The Hall–Kier alpha value is -1.78. The zero-order valence-corrected chi connectivity index (χ0v) is 16.8. The fraction of sp³-hybridized carbons (Fsp3) is 0.714. The van der Waals surface area contributed by atoms with Crippen molar-refractivity contribution in [2.75, 3.05) is 26.2 Å². The highest BCUT2D eigenvalue weighted by atomic mass is 16.2. The van der Waals surface area contributed by atoms with E-state index in [1.807, 2.05) is 22.8 Å². The normalized spacial score (nSPS) is 19.3. The van der Waals surface area contributed by atoms with Crippen molar-refractivity contribution in [2.24, 2.45) is 5.92 Å². The molecule has 2 saturated heterocycles. The van der Waals surface area contributed by atoms with Gasteiger partial charge in [-0.2, -0.15) is 0 Å². The molecule has 3 rings (SSSR count). The second-order valence-corrected chi connectivity index (χ2v) is 8.20. The minimum atomic E-state index is 0.0974. The van der Waals surface area contributed by atoms with E-state index in [4.69, 9.17) is 0 Å². The lowest BCUT2D eigenvalue weighted by atomic mass is 9.94. The van der Waals surface area contributed by atoms with Crippen LogP contribution in [0.2, 0.25) is 0 Å². The second kappa shape index (κ2) is 7.85. The number of likely N-dealkylation sites (tertiary alicyclic amines) is 2. The van der Waals surface area contributed by atoms with Gasteiger partial charge < -0.3 is 14.4 Å². The molecule has 0 bridgehead atoms. The molecule has 0 unspecified atom stereocenters. The SMILES string of the molecule is Cc1cc(C(=O)N2CCC(C(=O)N3CCCCC3)CC2)c(C)n1C(C)C. The average molecular weight is 360 g/mol. The molecule has 2 amide bonds. The predicted octanol–water partition coefficient (Wildman–Crippen LogP) is 3.55. The van der Waals surface area contributed by atoms with Crippen LogP contribution < -0.4 is 0 Å². The molecule has 0 atom stereocenters. The molecule has 5 nitrogen and oxygen atoms in total. The Kier molecular flexibility index (Phi) is 5.73. The van der Waals surface area contributed by atoms with Gasteiger partial charge in [-0.3, -0.25) is 9.59 Å². The number of hydrogen-bond donors (Lipinski definition) is 0. The number of carbonyl (C=O) groups excluding carboxylic acids is 2. The lowest BCUT2D eigenvalue weighted by Crippen LogP contribution is -2.45. The fourth-order valence-corrected chi connectivity index (χ4v) is 4.66. The van der Waals surface area contributed by atoms with Gasteiger partial charge in [-0.15, -0.1) is 0 Å². The molecule has 0 N–H and O–H groups in total. The van der Waals surface area contributed by atoms with Crippen molar-refractivity contribution >= 4 is 11.8 Å². The summed E-state index contributed by atoms with van der Waals surface area (Å²) in [6.07, 6.45) is 5.10. The summed E-state index contributed by atoms with van der Waals surface area (Å²) in [6, 6.07) is 2.37. The zero-order chi connectivity index (χ0) is 18.8. The van der Waals surface area contributed by atoms with E-state index in [1.165, 1.54) is 6.42 Å². The third kappa shape index (κ3) is 3.67. The van der Waals surface area contributed by atoms with Crippen LogP contribution in [0.1, 0.15) is 73.7 Å². The van der Waals surface area contributed by atoms with Gasteiger partial charge in [-0.1, -0.05) is 0 Å². The van der Waals surface area contributed by atoms with Gasteiger partial charge in [0.2, 0.25) is 5.91 Å². The van der Waals surface area contributed by atoms with E-state index in [0.717, 1.165) is 55.7 Å². The summed E-state index contributed by atoms with van der Waals surface area (Å²) in [5.41, 5.74) is 3.00. The topological polar surface area (TPSA) is 45.6 Å². The van der Waals surface area contributed by atoms with Gasteiger partial charge in [0.1, 0.15) is 0 Å². The molecule has 0 aromatic carbocycles. The molecule has 2 fully saturated rings.